The van der Waals surface area contributed by atoms with Crippen molar-refractivity contribution in [2.75, 3.05) is 23.8 Å². The lowest BCUT2D eigenvalue weighted by atomic mass is 9.81. The fourth-order valence-electron chi connectivity index (χ4n) is 5.56. The number of alkyl halides is 2. The molecule has 7 nitrogen and oxygen atoms in total. The highest BCUT2D eigenvalue weighted by Gasteiger charge is 2.44. The van der Waals surface area contributed by atoms with E-state index in [1.165, 1.54) is 23.1 Å². The minimum Gasteiger partial charge on any atom is -0.385 e. The Morgan fingerprint density at radius 2 is 1.82 bits per heavy atom. The number of anilines is 2. The molecule has 210 valence electrons. The highest BCUT2D eigenvalue weighted by Crippen LogP contribution is 2.42. The summed E-state index contributed by atoms with van der Waals surface area (Å²) < 4.78 is 39.4. The lowest BCUT2D eigenvalue weighted by molar-refractivity contribution is -0.106. The third-order valence-corrected chi connectivity index (χ3v) is 7.86. The van der Waals surface area contributed by atoms with Crippen molar-refractivity contribution in [2.45, 2.75) is 63.8 Å². The summed E-state index contributed by atoms with van der Waals surface area (Å²) in [7, 11) is 3.55. The number of hydrogen-bond acceptors (Lipinski definition) is 6. The fraction of sp³-hybridized carbons (Fsp3) is 0.467. The lowest BCUT2D eigenvalue weighted by Crippen LogP contribution is -2.39. The highest BCUT2D eigenvalue weighted by molar-refractivity contribution is 5.92. The number of halogens is 3. The molecule has 2 aromatic heterocycles. The number of nitrogens with zero attached hydrogens (tertiary/aromatic N) is 5. The van der Waals surface area contributed by atoms with Crippen LogP contribution in [0, 0.1) is 41.3 Å². The van der Waals surface area contributed by atoms with Crippen LogP contribution in [0.2, 0.25) is 0 Å². The van der Waals surface area contributed by atoms with Crippen molar-refractivity contribution in [3.8, 4) is 12.1 Å². The first kappa shape index (κ1) is 28.9. The van der Waals surface area contributed by atoms with Gasteiger partial charge in [0.05, 0.1) is 11.2 Å². The Labute approximate surface area is 231 Å². The van der Waals surface area contributed by atoms with E-state index in [0.717, 1.165) is 36.9 Å². The predicted octanol–water partition coefficient (Wildman–Crippen LogP) is 6.04. The Kier molecular flexibility index (Phi) is 8.68. The largest absolute Gasteiger partial charge is 0.385 e. The molecule has 5 rings (SSSR count). The van der Waals surface area contributed by atoms with Crippen molar-refractivity contribution < 1.29 is 13.2 Å². The molecule has 0 unspecified atom stereocenters. The zero-order valence-corrected chi connectivity index (χ0v) is 23.0. The summed E-state index contributed by atoms with van der Waals surface area (Å²) in [6.07, 6.45) is 5.52. The first-order chi connectivity index (χ1) is 19.0. The maximum Gasteiger partial charge on any atom is 0.270 e. The molecule has 2 fully saturated rings. The van der Waals surface area contributed by atoms with Crippen LogP contribution in [-0.2, 0) is 7.05 Å². The molecule has 10 heteroatoms. The topological polar surface area (TPSA) is 97.7 Å². The average Bonchev–Trinajstić information content (AvgIpc) is 2.93. The summed E-state index contributed by atoms with van der Waals surface area (Å²) >= 11 is 0. The maximum atomic E-state index is 12.8. The van der Waals surface area contributed by atoms with Crippen LogP contribution in [0.4, 0.5) is 24.5 Å². The zero-order chi connectivity index (χ0) is 29.0. The molecule has 0 spiro atoms. The van der Waals surface area contributed by atoms with Gasteiger partial charge in [-0.15, -0.1) is 0 Å². The van der Waals surface area contributed by atoms with Gasteiger partial charge in [0, 0.05) is 45.2 Å². The van der Waals surface area contributed by atoms with Crippen molar-refractivity contribution in [3.63, 3.8) is 0 Å². The van der Waals surface area contributed by atoms with Crippen molar-refractivity contribution in [2.24, 2.45) is 13.0 Å². The van der Waals surface area contributed by atoms with Crippen LogP contribution in [0.1, 0.15) is 61.8 Å². The summed E-state index contributed by atoms with van der Waals surface area (Å²) in [5, 5.41) is 21.8. The van der Waals surface area contributed by atoms with Crippen LogP contribution in [0.15, 0.2) is 35.1 Å². The fourth-order valence-corrected chi connectivity index (χ4v) is 5.56. The summed E-state index contributed by atoms with van der Waals surface area (Å²) in [4.78, 5) is 19.0. The van der Waals surface area contributed by atoms with Gasteiger partial charge in [-0.2, -0.15) is 10.5 Å². The van der Waals surface area contributed by atoms with Crippen molar-refractivity contribution in [3.05, 3.63) is 63.3 Å². The van der Waals surface area contributed by atoms with E-state index in [0.29, 0.717) is 23.3 Å². The molecule has 0 radical (unpaired) electrons. The minimum atomic E-state index is -2.47. The first-order valence-corrected chi connectivity index (χ1v) is 13.5. The summed E-state index contributed by atoms with van der Waals surface area (Å²) in [6.45, 7) is 2.32. The second kappa shape index (κ2) is 12.0. The van der Waals surface area contributed by atoms with Gasteiger partial charge < -0.3 is 14.8 Å². The molecule has 2 heterocycles. The van der Waals surface area contributed by atoms with Crippen molar-refractivity contribution in [1.29, 1.82) is 10.5 Å². The number of nitrogens with one attached hydrogen (secondary N) is 1. The standard InChI is InChI=1S/C18H19N5O.C12H14F3N/c1-22(13-6-4-3-5-7-13)17-14(11-20)18(24)23(2)15-9-8-12(10-19)21-16(15)17;1-8-4-10(13)2-3-11(8)16-7-9-5-12(14,15)6-9/h8-9,13H,3-7H2,1-2H3;2-4,9,16H,5-7H2,1H3. The molecule has 3 aromatic rings. The van der Waals surface area contributed by atoms with E-state index < -0.39 is 5.92 Å². The average molecular weight is 551 g/mol. The van der Waals surface area contributed by atoms with E-state index in [2.05, 4.69) is 16.4 Å². The van der Waals surface area contributed by atoms with Crippen molar-refractivity contribution >= 4 is 22.4 Å². The molecule has 2 aliphatic rings. The second-order valence-electron chi connectivity index (χ2n) is 10.7. The lowest BCUT2D eigenvalue weighted by Gasteiger charge is -2.35. The molecule has 0 atom stereocenters. The van der Waals surface area contributed by atoms with Gasteiger partial charge in [0.15, 0.2) is 0 Å². The van der Waals surface area contributed by atoms with E-state index in [-0.39, 0.29) is 47.4 Å². The number of fused-ring (bicyclic) bond motifs is 1. The van der Waals surface area contributed by atoms with E-state index in [4.69, 9.17) is 5.26 Å². The van der Waals surface area contributed by atoms with Crippen LogP contribution in [-0.4, -0.2) is 35.1 Å². The van der Waals surface area contributed by atoms with E-state index in [9.17, 15) is 23.2 Å². The van der Waals surface area contributed by atoms with Crippen LogP contribution in [0.5, 0.6) is 0 Å². The summed E-state index contributed by atoms with van der Waals surface area (Å²) in [6, 6.07) is 12.1. The Morgan fingerprint density at radius 3 is 2.42 bits per heavy atom. The van der Waals surface area contributed by atoms with Gasteiger partial charge >= 0.3 is 0 Å². The molecule has 2 aliphatic carbocycles. The third-order valence-electron chi connectivity index (χ3n) is 7.86. The second-order valence-corrected chi connectivity index (χ2v) is 10.7. The monoisotopic (exact) mass is 550 g/mol. The van der Waals surface area contributed by atoms with Gasteiger partial charge in [-0.1, -0.05) is 19.3 Å². The Bertz CT molecular complexity index is 1520. The number of hydrogen-bond donors (Lipinski definition) is 1. The molecular formula is C30H33F3N6O. The number of benzene rings is 1. The van der Waals surface area contributed by atoms with Gasteiger partial charge in [-0.3, -0.25) is 4.79 Å². The molecule has 0 aliphatic heterocycles. The number of nitriles is 2. The van der Waals surface area contributed by atoms with Crippen LogP contribution >= 0.6 is 0 Å². The van der Waals surface area contributed by atoms with Gasteiger partial charge in [-0.05, 0) is 61.6 Å². The molecule has 0 bridgehead atoms. The summed E-state index contributed by atoms with van der Waals surface area (Å²) in [5.41, 5.74) is 3.40. The SMILES string of the molecule is CN(c1c(C#N)c(=O)n(C)c2ccc(C#N)nc12)C1CCCCC1.Cc1cc(F)ccc1NCC1CC(F)(F)C1. The number of aromatic nitrogens is 2. The van der Waals surface area contributed by atoms with Gasteiger partial charge in [-0.25, -0.2) is 18.2 Å². The molecule has 40 heavy (non-hydrogen) atoms. The van der Waals surface area contributed by atoms with Gasteiger partial charge in [0.1, 0.15) is 34.7 Å². The zero-order valence-electron chi connectivity index (χ0n) is 23.0. The molecular weight excluding hydrogens is 517 g/mol. The van der Waals surface area contributed by atoms with Gasteiger partial charge in [0.2, 0.25) is 5.92 Å². The third kappa shape index (κ3) is 6.22. The predicted molar refractivity (Wildman–Crippen MR) is 149 cm³/mol. The molecule has 0 saturated heterocycles. The molecule has 1 aromatic carbocycles. The van der Waals surface area contributed by atoms with Crippen LogP contribution in [0.3, 0.4) is 0 Å². The Balaban J connectivity index is 0.000000201. The smallest absolute Gasteiger partial charge is 0.270 e. The maximum absolute atomic E-state index is 12.8. The minimum absolute atomic E-state index is 0.0273. The normalized spacial score (nSPS) is 16.7. The Morgan fingerprint density at radius 1 is 1.12 bits per heavy atom. The first-order valence-electron chi connectivity index (χ1n) is 13.5. The van der Waals surface area contributed by atoms with E-state index in [1.807, 2.05) is 18.0 Å². The van der Waals surface area contributed by atoms with Crippen LogP contribution in [0.25, 0.3) is 11.0 Å². The molecule has 0 amide bonds. The van der Waals surface area contributed by atoms with E-state index >= 15 is 0 Å². The quantitative estimate of drug-likeness (QED) is 0.416. The van der Waals surface area contributed by atoms with E-state index in [1.54, 1.807) is 32.2 Å². The van der Waals surface area contributed by atoms with Gasteiger partial charge in [0.25, 0.3) is 5.56 Å². The number of rotatable bonds is 5. The number of aryl methyl sites for hydroxylation is 2. The van der Waals surface area contributed by atoms with Crippen molar-refractivity contribution in [1.82, 2.24) is 9.55 Å². The number of pyridine rings is 2. The molecule has 1 N–H and O–H groups in total. The summed E-state index contributed by atoms with van der Waals surface area (Å²) in [5.74, 6) is -2.72. The molecule has 2 saturated carbocycles. The highest BCUT2D eigenvalue weighted by atomic mass is 19.3. The Hall–Kier alpha value is -4.05. The van der Waals surface area contributed by atoms with Crippen LogP contribution < -0.4 is 15.8 Å².